The number of carbonyl (C=O) groups excluding carboxylic acids is 1. The normalized spacial score (nSPS) is 25.3. The summed E-state index contributed by atoms with van der Waals surface area (Å²) in [6, 6.07) is 12.4. The summed E-state index contributed by atoms with van der Waals surface area (Å²) in [5, 5.41) is 10.9. The first-order chi connectivity index (χ1) is 15.5. The summed E-state index contributed by atoms with van der Waals surface area (Å²) >= 11 is 0. The summed E-state index contributed by atoms with van der Waals surface area (Å²) in [6.07, 6.45) is 10.5. The molecular weight excluding hydrogens is 402 g/mol. The molecule has 3 heterocycles. The highest BCUT2D eigenvalue weighted by Gasteiger charge is 2.50. The van der Waals surface area contributed by atoms with Crippen LogP contribution in [0.4, 0.5) is 10.5 Å². The van der Waals surface area contributed by atoms with E-state index in [0.29, 0.717) is 18.1 Å². The van der Waals surface area contributed by atoms with Crippen molar-refractivity contribution in [3.63, 3.8) is 0 Å². The second-order valence-electron chi connectivity index (χ2n) is 8.98. The lowest BCUT2D eigenvalue weighted by atomic mass is 9.69. The van der Waals surface area contributed by atoms with Crippen LogP contribution in [0.1, 0.15) is 31.2 Å². The second kappa shape index (κ2) is 7.94. The van der Waals surface area contributed by atoms with E-state index in [2.05, 4.69) is 74.8 Å². The lowest BCUT2D eigenvalue weighted by molar-refractivity contribution is 0.0658. The van der Waals surface area contributed by atoms with E-state index in [0.717, 1.165) is 31.2 Å². The molecule has 0 radical (unpaired) electrons. The first kappa shape index (κ1) is 20.5. The predicted molar refractivity (Wildman–Crippen MR) is 122 cm³/mol. The van der Waals surface area contributed by atoms with Crippen molar-refractivity contribution in [2.75, 3.05) is 25.5 Å². The highest BCUT2D eigenvalue weighted by molar-refractivity contribution is 5.95. The summed E-state index contributed by atoms with van der Waals surface area (Å²) in [6.45, 7) is 0.629. The molecule has 1 aliphatic heterocycles. The van der Waals surface area contributed by atoms with Crippen LogP contribution in [0.3, 0.4) is 0 Å². The van der Waals surface area contributed by atoms with Crippen molar-refractivity contribution in [1.29, 1.82) is 0 Å². The largest absolute Gasteiger partial charge is 0.330 e. The van der Waals surface area contributed by atoms with E-state index in [9.17, 15) is 4.79 Å². The number of hydrogen-bond donors (Lipinski definition) is 1. The van der Waals surface area contributed by atoms with Crippen LogP contribution in [0.25, 0.3) is 11.4 Å². The van der Waals surface area contributed by atoms with Gasteiger partial charge in [-0.1, -0.05) is 30.3 Å². The van der Waals surface area contributed by atoms with Crippen molar-refractivity contribution in [2.24, 2.45) is 0 Å². The van der Waals surface area contributed by atoms with E-state index in [1.165, 1.54) is 5.56 Å². The third-order valence-electron chi connectivity index (χ3n) is 7.07. The SMILES string of the molecule is CN(C)[C@]1(c2ccccc2)CC[C@]2(CC1)CN(c1cnc(-c3ccnnc3)nc1)C(=O)N2. The van der Waals surface area contributed by atoms with E-state index in [1.54, 1.807) is 29.7 Å². The molecule has 164 valence electrons. The molecule has 8 nitrogen and oxygen atoms in total. The van der Waals surface area contributed by atoms with E-state index >= 15 is 0 Å². The molecule has 8 heteroatoms. The summed E-state index contributed by atoms with van der Waals surface area (Å²) in [7, 11) is 4.31. The molecule has 3 aromatic rings. The Morgan fingerprint density at radius 3 is 2.28 bits per heavy atom. The van der Waals surface area contributed by atoms with Gasteiger partial charge in [0.2, 0.25) is 0 Å². The molecule has 2 aromatic heterocycles. The molecule has 0 bridgehead atoms. The van der Waals surface area contributed by atoms with Crippen LogP contribution in [0.2, 0.25) is 0 Å². The second-order valence-corrected chi connectivity index (χ2v) is 8.98. The van der Waals surface area contributed by atoms with Gasteiger partial charge in [0, 0.05) is 11.1 Å². The zero-order valence-corrected chi connectivity index (χ0v) is 18.4. The average Bonchev–Trinajstić information content (AvgIpc) is 3.16. The van der Waals surface area contributed by atoms with Gasteiger partial charge >= 0.3 is 6.03 Å². The number of nitrogens with one attached hydrogen (secondary N) is 1. The Bertz CT molecular complexity index is 1080. The third kappa shape index (κ3) is 3.50. The van der Waals surface area contributed by atoms with E-state index in [4.69, 9.17) is 0 Å². The van der Waals surface area contributed by atoms with Gasteiger partial charge in [0.1, 0.15) is 0 Å². The van der Waals surface area contributed by atoms with Crippen LogP contribution in [0.5, 0.6) is 0 Å². The first-order valence-corrected chi connectivity index (χ1v) is 10.9. The smallest absolute Gasteiger partial charge is 0.322 e. The molecule has 2 fully saturated rings. The minimum Gasteiger partial charge on any atom is -0.330 e. The molecule has 1 N–H and O–H groups in total. The summed E-state index contributed by atoms with van der Waals surface area (Å²) in [5.41, 5.74) is 2.61. The quantitative estimate of drug-likeness (QED) is 0.685. The van der Waals surface area contributed by atoms with Crippen molar-refractivity contribution < 1.29 is 4.79 Å². The number of anilines is 1. The molecule has 2 amide bonds. The molecule has 5 rings (SSSR count). The molecule has 32 heavy (non-hydrogen) atoms. The van der Waals surface area contributed by atoms with Crippen LogP contribution >= 0.6 is 0 Å². The molecule has 1 spiro atoms. The molecule has 1 saturated carbocycles. The highest BCUT2D eigenvalue weighted by Crippen LogP contribution is 2.46. The highest BCUT2D eigenvalue weighted by atomic mass is 16.2. The molecule has 1 aliphatic carbocycles. The topological polar surface area (TPSA) is 87.1 Å². The fourth-order valence-corrected chi connectivity index (χ4v) is 5.12. The number of nitrogens with zero attached hydrogens (tertiary/aromatic N) is 6. The Kier molecular flexibility index (Phi) is 5.09. The maximum absolute atomic E-state index is 12.9. The molecule has 2 aliphatic rings. The number of carbonyl (C=O) groups is 1. The van der Waals surface area contributed by atoms with E-state index < -0.39 is 0 Å². The standard InChI is InChI=1S/C24H27N7O/c1-30(2)24(19-6-4-3-5-7-19)11-9-23(10-12-24)17-31(22(32)29-23)20-15-25-21(26-16-20)18-8-13-27-28-14-18/h3-8,13-16H,9-12,17H2,1-2H3,(H,29,32)/t23-,24+. The van der Waals surface area contributed by atoms with Crippen molar-refractivity contribution >= 4 is 11.7 Å². The fraction of sp³-hybridized carbons (Fsp3) is 0.375. The van der Waals surface area contributed by atoms with E-state index in [-0.39, 0.29) is 17.1 Å². The number of aromatic nitrogens is 4. The molecular formula is C24H27N7O. The Balaban J connectivity index is 1.33. The van der Waals surface area contributed by atoms with E-state index in [1.807, 2.05) is 6.07 Å². The Hall–Kier alpha value is -3.39. The van der Waals surface area contributed by atoms with Gasteiger partial charge in [-0.25, -0.2) is 14.8 Å². The Labute approximate surface area is 187 Å². The van der Waals surface area contributed by atoms with Gasteiger partial charge in [0.15, 0.2) is 5.82 Å². The van der Waals surface area contributed by atoms with Gasteiger partial charge in [-0.2, -0.15) is 10.2 Å². The number of amides is 2. The maximum atomic E-state index is 12.9. The molecule has 1 aromatic carbocycles. The average molecular weight is 430 g/mol. The monoisotopic (exact) mass is 429 g/mol. The molecule has 0 atom stereocenters. The zero-order chi connectivity index (χ0) is 22.2. The molecule has 0 unspecified atom stereocenters. The van der Waals surface area contributed by atoms with Crippen LogP contribution in [-0.2, 0) is 5.54 Å². The number of hydrogen-bond acceptors (Lipinski definition) is 6. The number of rotatable bonds is 4. The molecule has 1 saturated heterocycles. The first-order valence-electron chi connectivity index (χ1n) is 10.9. The maximum Gasteiger partial charge on any atom is 0.322 e. The van der Waals surface area contributed by atoms with Gasteiger partial charge in [0.25, 0.3) is 0 Å². The Morgan fingerprint density at radius 1 is 0.938 bits per heavy atom. The Morgan fingerprint density at radius 2 is 1.66 bits per heavy atom. The van der Waals surface area contributed by atoms with Gasteiger partial charge in [-0.05, 0) is 51.4 Å². The van der Waals surface area contributed by atoms with Gasteiger partial charge in [0.05, 0.1) is 42.6 Å². The third-order valence-corrected chi connectivity index (χ3v) is 7.07. The van der Waals surface area contributed by atoms with Crippen LogP contribution in [0.15, 0.2) is 61.2 Å². The van der Waals surface area contributed by atoms with Crippen LogP contribution < -0.4 is 10.2 Å². The van der Waals surface area contributed by atoms with Crippen molar-refractivity contribution in [3.05, 3.63) is 66.7 Å². The number of benzene rings is 1. The predicted octanol–water partition coefficient (Wildman–Crippen LogP) is 3.23. The lowest BCUT2D eigenvalue weighted by Gasteiger charge is -2.48. The van der Waals surface area contributed by atoms with Gasteiger partial charge in [-0.3, -0.25) is 9.80 Å². The van der Waals surface area contributed by atoms with Gasteiger partial charge in [-0.15, -0.1) is 0 Å². The summed E-state index contributed by atoms with van der Waals surface area (Å²) < 4.78 is 0. The fourth-order valence-electron chi connectivity index (χ4n) is 5.12. The van der Waals surface area contributed by atoms with Crippen molar-refractivity contribution in [3.8, 4) is 11.4 Å². The lowest BCUT2D eigenvalue weighted by Crippen LogP contribution is -2.54. The summed E-state index contributed by atoms with van der Waals surface area (Å²) in [4.78, 5) is 25.9. The zero-order valence-electron chi connectivity index (χ0n) is 18.4. The van der Waals surface area contributed by atoms with Gasteiger partial charge < -0.3 is 5.32 Å². The van der Waals surface area contributed by atoms with Crippen molar-refractivity contribution in [1.82, 2.24) is 30.4 Å². The minimum atomic E-state index is -0.223. The van der Waals surface area contributed by atoms with Crippen LogP contribution in [0, 0.1) is 0 Å². The minimum absolute atomic E-state index is 0.00596. The van der Waals surface area contributed by atoms with Crippen molar-refractivity contribution in [2.45, 2.75) is 36.8 Å². The van der Waals surface area contributed by atoms with Crippen LogP contribution in [-0.4, -0.2) is 57.3 Å². The number of urea groups is 1. The summed E-state index contributed by atoms with van der Waals surface area (Å²) in [5.74, 6) is 0.564.